The van der Waals surface area contributed by atoms with E-state index in [1.807, 2.05) is 0 Å². The number of aromatic nitrogens is 2. The van der Waals surface area contributed by atoms with Gasteiger partial charge in [0.05, 0.1) is 24.6 Å². The first-order valence-corrected chi connectivity index (χ1v) is 15.4. The summed E-state index contributed by atoms with van der Waals surface area (Å²) in [6.45, 7) is 0.595. The molecule has 0 radical (unpaired) electrons. The number of methoxy groups -OCH3 is 1. The number of halogens is 1. The van der Waals surface area contributed by atoms with Crippen LogP contribution in [-0.2, 0) is 4.79 Å². The first-order chi connectivity index (χ1) is 20.3. The number of anilines is 4. The molecule has 2 bridgehead atoms. The fourth-order valence-corrected chi connectivity index (χ4v) is 7.36. The lowest BCUT2D eigenvalue weighted by Gasteiger charge is -2.47. The summed E-state index contributed by atoms with van der Waals surface area (Å²) in [5.74, 6) is 0.239. The van der Waals surface area contributed by atoms with Crippen LogP contribution in [0.1, 0.15) is 81.0 Å². The standard InChI is InChI=1S/C31H42FN7O3/c1-37-21-10-7-11-22(37)15-19(14-21)34-30(41)23-16-27(42-3)25(17-24(23)32)35-31-33-18-26-29(36-31)39(13-12-28(40)38(26)2)20-8-5-4-6-9-20/h16-22H,4-15H2,1-3H3,(H,34,41)(H,33,35,36)/t19?,21-,22+. The Morgan fingerprint density at radius 2 is 1.74 bits per heavy atom. The predicted molar refractivity (Wildman–Crippen MR) is 160 cm³/mol. The third-order valence-corrected chi connectivity index (χ3v) is 9.79. The minimum Gasteiger partial charge on any atom is -0.495 e. The summed E-state index contributed by atoms with van der Waals surface area (Å²) >= 11 is 0. The number of fused-ring (bicyclic) bond motifs is 3. The Morgan fingerprint density at radius 1 is 1.02 bits per heavy atom. The summed E-state index contributed by atoms with van der Waals surface area (Å²) in [4.78, 5) is 41.5. The smallest absolute Gasteiger partial charge is 0.254 e. The molecule has 2 aromatic rings. The predicted octanol–water partition coefficient (Wildman–Crippen LogP) is 4.62. The minimum atomic E-state index is -0.646. The van der Waals surface area contributed by atoms with Crippen LogP contribution in [0.2, 0.25) is 0 Å². The number of amides is 2. The number of piperidine rings is 2. The van der Waals surface area contributed by atoms with E-state index in [0.29, 0.717) is 54.0 Å². The van der Waals surface area contributed by atoms with E-state index in [1.165, 1.54) is 32.1 Å². The molecule has 0 spiro atoms. The number of nitrogens with zero attached hydrogens (tertiary/aromatic N) is 5. The van der Waals surface area contributed by atoms with Crippen molar-refractivity contribution < 1.29 is 18.7 Å². The lowest BCUT2D eigenvalue weighted by molar-refractivity contribution is -0.118. The van der Waals surface area contributed by atoms with Crippen LogP contribution in [0.25, 0.3) is 0 Å². The number of rotatable bonds is 6. The van der Waals surface area contributed by atoms with E-state index in [4.69, 9.17) is 9.72 Å². The Balaban J connectivity index is 1.23. The maximum Gasteiger partial charge on any atom is 0.254 e. The van der Waals surface area contributed by atoms with Crippen molar-refractivity contribution in [2.45, 2.75) is 94.8 Å². The molecule has 1 unspecified atom stereocenters. The van der Waals surface area contributed by atoms with Crippen molar-refractivity contribution in [3.63, 3.8) is 0 Å². The van der Waals surface area contributed by atoms with Gasteiger partial charge in [-0.2, -0.15) is 4.98 Å². The van der Waals surface area contributed by atoms with Crippen LogP contribution in [0.15, 0.2) is 18.3 Å². The molecule has 2 saturated heterocycles. The molecule has 3 aliphatic heterocycles. The summed E-state index contributed by atoms with van der Waals surface area (Å²) in [6, 6.07) is 3.96. The molecule has 6 rings (SSSR count). The lowest BCUT2D eigenvalue weighted by atomic mass is 9.82. The van der Waals surface area contributed by atoms with E-state index in [0.717, 1.165) is 51.4 Å². The van der Waals surface area contributed by atoms with Crippen molar-refractivity contribution >= 4 is 35.0 Å². The average molecular weight is 580 g/mol. The van der Waals surface area contributed by atoms with Gasteiger partial charge >= 0.3 is 0 Å². The molecule has 4 heterocycles. The van der Waals surface area contributed by atoms with Gasteiger partial charge in [0.25, 0.3) is 5.91 Å². The highest BCUT2D eigenvalue weighted by Gasteiger charge is 2.37. The molecule has 3 fully saturated rings. The summed E-state index contributed by atoms with van der Waals surface area (Å²) in [5.41, 5.74) is 0.937. The second kappa shape index (κ2) is 12.0. The van der Waals surface area contributed by atoms with Crippen molar-refractivity contribution in [3.8, 4) is 5.75 Å². The van der Waals surface area contributed by atoms with Crippen LogP contribution in [-0.4, -0.2) is 78.6 Å². The van der Waals surface area contributed by atoms with E-state index in [-0.39, 0.29) is 23.5 Å². The molecule has 2 amide bonds. The van der Waals surface area contributed by atoms with Gasteiger partial charge in [0.15, 0.2) is 5.82 Å². The van der Waals surface area contributed by atoms with Gasteiger partial charge in [-0.25, -0.2) is 9.37 Å². The molecule has 226 valence electrons. The third kappa shape index (κ3) is 5.63. The zero-order valence-electron chi connectivity index (χ0n) is 24.9. The van der Waals surface area contributed by atoms with E-state index >= 15 is 4.39 Å². The summed E-state index contributed by atoms with van der Waals surface area (Å²) in [7, 11) is 5.41. The highest BCUT2D eigenvalue weighted by atomic mass is 19.1. The first-order valence-electron chi connectivity index (χ1n) is 15.4. The highest BCUT2D eigenvalue weighted by molar-refractivity contribution is 5.97. The van der Waals surface area contributed by atoms with E-state index in [1.54, 1.807) is 18.1 Å². The molecule has 42 heavy (non-hydrogen) atoms. The molecule has 11 heteroatoms. The van der Waals surface area contributed by atoms with Crippen molar-refractivity contribution in [2.75, 3.05) is 42.9 Å². The zero-order chi connectivity index (χ0) is 29.4. The van der Waals surface area contributed by atoms with E-state index in [9.17, 15) is 9.59 Å². The van der Waals surface area contributed by atoms with E-state index in [2.05, 4.69) is 32.5 Å². The van der Waals surface area contributed by atoms with Gasteiger partial charge in [0, 0.05) is 50.2 Å². The van der Waals surface area contributed by atoms with Crippen LogP contribution >= 0.6 is 0 Å². The van der Waals surface area contributed by atoms with Gasteiger partial charge in [-0.1, -0.05) is 25.7 Å². The maximum atomic E-state index is 15.4. The van der Waals surface area contributed by atoms with Crippen LogP contribution in [0.5, 0.6) is 5.75 Å². The summed E-state index contributed by atoms with van der Waals surface area (Å²) < 4.78 is 21.0. The molecule has 1 aromatic heterocycles. The molecule has 3 atom stereocenters. The fraction of sp³-hybridized carbons (Fsp3) is 0.613. The summed E-state index contributed by atoms with van der Waals surface area (Å²) in [5, 5.41) is 6.19. The normalized spacial score (nSPS) is 25.0. The number of carbonyl (C=O) groups is 2. The van der Waals surface area contributed by atoms with Gasteiger partial charge in [-0.15, -0.1) is 0 Å². The summed E-state index contributed by atoms with van der Waals surface area (Å²) in [6.07, 6.45) is 13.0. The number of hydrogen-bond acceptors (Lipinski definition) is 8. The average Bonchev–Trinajstić information content (AvgIpc) is 3.09. The topological polar surface area (TPSA) is 103 Å². The van der Waals surface area contributed by atoms with Crippen molar-refractivity contribution in [1.29, 1.82) is 0 Å². The van der Waals surface area contributed by atoms with Crippen LogP contribution in [0, 0.1) is 5.82 Å². The van der Waals surface area contributed by atoms with Crippen LogP contribution < -0.4 is 25.2 Å². The molecule has 1 aromatic carbocycles. The zero-order valence-corrected chi connectivity index (χ0v) is 24.9. The second-order valence-corrected chi connectivity index (χ2v) is 12.3. The molecular formula is C31H42FN7O3. The van der Waals surface area contributed by atoms with Crippen LogP contribution in [0.4, 0.5) is 27.5 Å². The minimum absolute atomic E-state index is 0.0253. The molecule has 1 saturated carbocycles. The third-order valence-electron chi connectivity index (χ3n) is 9.79. The number of carbonyl (C=O) groups excluding carboxylic acids is 2. The number of ether oxygens (including phenoxy) is 1. The van der Waals surface area contributed by atoms with Crippen molar-refractivity contribution in [1.82, 2.24) is 20.2 Å². The Hall–Kier alpha value is -3.47. The van der Waals surface area contributed by atoms with Gasteiger partial charge in [-0.05, 0) is 51.6 Å². The van der Waals surface area contributed by atoms with Gasteiger partial charge in [0.1, 0.15) is 17.3 Å². The molecular weight excluding hydrogens is 537 g/mol. The number of benzene rings is 1. The van der Waals surface area contributed by atoms with E-state index < -0.39 is 11.7 Å². The van der Waals surface area contributed by atoms with Gasteiger partial charge in [0.2, 0.25) is 11.9 Å². The highest BCUT2D eigenvalue weighted by Crippen LogP contribution is 2.37. The van der Waals surface area contributed by atoms with Gasteiger partial charge < -0.3 is 30.1 Å². The fourth-order valence-electron chi connectivity index (χ4n) is 7.36. The van der Waals surface area contributed by atoms with Crippen molar-refractivity contribution in [2.24, 2.45) is 0 Å². The Morgan fingerprint density at radius 3 is 2.45 bits per heavy atom. The molecule has 4 aliphatic rings. The second-order valence-electron chi connectivity index (χ2n) is 12.3. The molecule has 10 nitrogen and oxygen atoms in total. The number of nitrogens with one attached hydrogen (secondary N) is 2. The quantitative estimate of drug-likeness (QED) is 0.511. The monoisotopic (exact) mass is 579 g/mol. The maximum absolute atomic E-state index is 15.4. The Bertz CT molecular complexity index is 1320. The van der Waals surface area contributed by atoms with Crippen molar-refractivity contribution in [3.05, 3.63) is 29.7 Å². The SMILES string of the molecule is COc1cc(C(=O)NC2C[C@H]3CCC[C@@H](C2)N3C)c(F)cc1Nc1ncc2c(n1)N(C1CCCCC1)CCC(=O)N2C. The van der Waals surface area contributed by atoms with Gasteiger partial charge in [-0.3, -0.25) is 9.59 Å². The van der Waals surface area contributed by atoms with Crippen LogP contribution in [0.3, 0.4) is 0 Å². The Kier molecular flexibility index (Phi) is 8.20. The Labute approximate surface area is 247 Å². The molecule has 1 aliphatic carbocycles. The number of hydrogen-bond donors (Lipinski definition) is 2. The largest absolute Gasteiger partial charge is 0.495 e. The lowest BCUT2D eigenvalue weighted by Crippen LogP contribution is -2.55. The molecule has 2 N–H and O–H groups in total. The first kappa shape index (κ1) is 28.6.